The summed E-state index contributed by atoms with van der Waals surface area (Å²) in [4.78, 5) is 12.7. The standard InChI is InChI=1S/C19H22N2O6S/c1-25-16-8-6-14(21-9-4-10-28(21,23)24)12-15(16)20-19(22)13-5-7-17(26-2)18(11-13)27-3/h5-8,11-12H,4,9-10H2,1-3H3,(H,20,22). The van der Waals surface area contributed by atoms with Crippen molar-refractivity contribution in [2.75, 3.05) is 43.2 Å². The maximum atomic E-state index is 12.7. The molecule has 0 spiro atoms. The highest BCUT2D eigenvalue weighted by molar-refractivity contribution is 7.93. The molecule has 2 aromatic rings. The Labute approximate surface area is 164 Å². The van der Waals surface area contributed by atoms with Crippen LogP contribution in [0.1, 0.15) is 16.8 Å². The molecule has 0 unspecified atom stereocenters. The maximum absolute atomic E-state index is 12.7. The molecule has 8 nitrogen and oxygen atoms in total. The molecule has 0 radical (unpaired) electrons. The fraction of sp³-hybridized carbons (Fsp3) is 0.316. The van der Waals surface area contributed by atoms with E-state index in [4.69, 9.17) is 14.2 Å². The minimum absolute atomic E-state index is 0.117. The quantitative estimate of drug-likeness (QED) is 0.792. The topological polar surface area (TPSA) is 94.2 Å². The third-order valence-electron chi connectivity index (χ3n) is 4.46. The van der Waals surface area contributed by atoms with Crippen LogP contribution in [-0.2, 0) is 10.0 Å². The Bertz CT molecular complexity index is 990. The molecule has 1 saturated heterocycles. The van der Waals surface area contributed by atoms with Crippen LogP contribution in [0.2, 0.25) is 0 Å². The number of rotatable bonds is 6. The summed E-state index contributed by atoms with van der Waals surface area (Å²) in [7, 11) is 1.16. The van der Waals surface area contributed by atoms with Crippen LogP contribution in [0.25, 0.3) is 0 Å². The summed E-state index contributed by atoms with van der Waals surface area (Å²) in [6.45, 7) is 0.414. The Hall–Kier alpha value is -2.94. The molecular weight excluding hydrogens is 384 g/mol. The number of amides is 1. The Morgan fingerprint density at radius 3 is 2.25 bits per heavy atom. The molecule has 1 fully saturated rings. The van der Waals surface area contributed by atoms with E-state index < -0.39 is 10.0 Å². The number of hydrogen-bond acceptors (Lipinski definition) is 6. The van der Waals surface area contributed by atoms with Crippen molar-refractivity contribution < 1.29 is 27.4 Å². The minimum Gasteiger partial charge on any atom is -0.495 e. The van der Waals surface area contributed by atoms with E-state index in [0.717, 1.165) is 0 Å². The van der Waals surface area contributed by atoms with Crippen molar-refractivity contribution in [1.29, 1.82) is 0 Å². The lowest BCUT2D eigenvalue weighted by atomic mass is 10.1. The van der Waals surface area contributed by atoms with Gasteiger partial charge in [0.2, 0.25) is 10.0 Å². The molecule has 1 amide bonds. The largest absolute Gasteiger partial charge is 0.495 e. The Morgan fingerprint density at radius 2 is 1.64 bits per heavy atom. The van der Waals surface area contributed by atoms with Gasteiger partial charge >= 0.3 is 0 Å². The van der Waals surface area contributed by atoms with Gasteiger partial charge in [-0.05, 0) is 42.8 Å². The van der Waals surface area contributed by atoms with Crippen LogP contribution in [0.4, 0.5) is 11.4 Å². The van der Waals surface area contributed by atoms with Gasteiger partial charge < -0.3 is 19.5 Å². The van der Waals surface area contributed by atoms with E-state index in [1.165, 1.54) is 25.6 Å². The monoisotopic (exact) mass is 406 g/mol. The summed E-state index contributed by atoms with van der Waals surface area (Å²) in [6, 6.07) is 9.70. The molecule has 1 aliphatic heterocycles. The van der Waals surface area contributed by atoms with Crippen molar-refractivity contribution in [3.63, 3.8) is 0 Å². The van der Waals surface area contributed by atoms with Crippen molar-refractivity contribution in [3.8, 4) is 17.2 Å². The van der Waals surface area contributed by atoms with Gasteiger partial charge in [0.25, 0.3) is 5.91 Å². The number of carbonyl (C=O) groups is 1. The maximum Gasteiger partial charge on any atom is 0.255 e. The molecule has 2 aromatic carbocycles. The highest BCUT2D eigenvalue weighted by atomic mass is 32.2. The van der Waals surface area contributed by atoms with Crippen molar-refractivity contribution in [2.24, 2.45) is 0 Å². The Morgan fingerprint density at radius 1 is 0.964 bits per heavy atom. The second kappa shape index (κ2) is 7.97. The number of ether oxygens (including phenoxy) is 3. The van der Waals surface area contributed by atoms with Gasteiger partial charge in [0.05, 0.1) is 38.5 Å². The van der Waals surface area contributed by atoms with E-state index in [1.54, 1.807) is 36.4 Å². The van der Waals surface area contributed by atoms with Crippen molar-refractivity contribution in [2.45, 2.75) is 6.42 Å². The molecule has 0 bridgehead atoms. The second-order valence-corrected chi connectivity index (χ2v) is 8.16. The third-order valence-corrected chi connectivity index (χ3v) is 6.33. The fourth-order valence-electron chi connectivity index (χ4n) is 3.05. The van der Waals surface area contributed by atoms with Gasteiger partial charge in [-0.15, -0.1) is 0 Å². The van der Waals surface area contributed by atoms with Gasteiger partial charge in [0, 0.05) is 12.1 Å². The summed E-state index contributed by atoms with van der Waals surface area (Å²) in [6.07, 6.45) is 0.571. The van der Waals surface area contributed by atoms with E-state index in [9.17, 15) is 13.2 Å². The normalized spacial score (nSPS) is 15.2. The zero-order valence-electron chi connectivity index (χ0n) is 15.9. The van der Waals surface area contributed by atoms with Crippen molar-refractivity contribution in [3.05, 3.63) is 42.0 Å². The first-order valence-corrected chi connectivity index (χ1v) is 10.2. The summed E-state index contributed by atoms with van der Waals surface area (Å²) in [5.41, 5.74) is 1.22. The van der Waals surface area contributed by atoms with Gasteiger partial charge in [0.1, 0.15) is 5.75 Å². The second-order valence-electron chi connectivity index (χ2n) is 6.15. The molecule has 3 rings (SSSR count). The number of hydrogen-bond donors (Lipinski definition) is 1. The molecule has 0 saturated carbocycles. The van der Waals surface area contributed by atoms with E-state index in [1.807, 2.05) is 0 Å². The summed E-state index contributed by atoms with van der Waals surface area (Å²) in [5, 5.41) is 2.78. The molecule has 1 N–H and O–H groups in total. The van der Waals surface area contributed by atoms with Crippen LogP contribution >= 0.6 is 0 Å². The van der Waals surface area contributed by atoms with Crippen LogP contribution in [0.3, 0.4) is 0 Å². The molecule has 9 heteroatoms. The first-order chi connectivity index (χ1) is 13.4. The number of sulfonamides is 1. The summed E-state index contributed by atoms with van der Waals surface area (Å²) >= 11 is 0. The van der Waals surface area contributed by atoms with Crippen LogP contribution in [-0.4, -0.2) is 48.0 Å². The predicted molar refractivity (Wildman–Crippen MR) is 106 cm³/mol. The minimum atomic E-state index is -3.32. The first kappa shape index (κ1) is 19.8. The smallest absolute Gasteiger partial charge is 0.255 e. The highest BCUT2D eigenvalue weighted by Crippen LogP contribution is 2.33. The summed E-state index contributed by atoms with van der Waals surface area (Å²) in [5.74, 6) is 1.10. The zero-order valence-corrected chi connectivity index (χ0v) is 16.7. The number of nitrogens with zero attached hydrogens (tertiary/aromatic N) is 1. The molecule has 28 heavy (non-hydrogen) atoms. The average molecular weight is 406 g/mol. The number of benzene rings is 2. The molecular formula is C19H22N2O6S. The molecule has 0 aromatic heterocycles. The SMILES string of the molecule is COc1ccc(N2CCCS2(=O)=O)cc1NC(=O)c1ccc(OC)c(OC)c1. The lowest BCUT2D eigenvalue weighted by Gasteiger charge is -2.19. The van der Waals surface area contributed by atoms with Gasteiger partial charge in [-0.3, -0.25) is 9.10 Å². The van der Waals surface area contributed by atoms with Crippen LogP contribution in [0, 0.1) is 0 Å². The summed E-state index contributed by atoms with van der Waals surface area (Å²) < 4.78 is 41.4. The molecule has 1 heterocycles. The number of methoxy groups -OCH3 is 3. The van der Waals surface area contributed by atoms with Crippen LogP contribution < -0.4 is 23.8 Å². The molecule has 1 aliphatic rings. The van der Waals surface area contributed by atoms with Crippen LogP contribution in [0.5, 0.6) is 17.2 Å². The number of nitrogens with one attached hydrogen (secondary N) is 1. The van der Waals surface area contributed by atoms with Gasteiger partial charge in [-0.1, -0.05) is 0 Å². The first-order valence-electron chi connectivity index (χ1n) is 8.61. The fourth-order valence-corrected chi connectivity index (χ4v) is 4.61. The predicted octanol–water partition coefficient (Wildman–Crippen LogP) is 2.50. The van der Waals surface area contributed by atoms with E-state index in [2.05, 4.69) is 5.32 Å². The van der Waals surface area contributed by atoms with Gasteiger partial charge in [-0.25, -0.2) is 8.42 Å². The van der Waals surface area contributed by atoms with E-state index in [-0.39, 0.29) is 11.7 Å². The molecule has 150 valence electrons. The molecule has 0 aliphatic carbocycles. The van der Waals surface area contributed by atoms with Crippen molar-refractivity contribution in [1.82, 2.24) is 0 Å². The number of carbonyl (C=O) groups excluding carboxylic acids is 1. The van der Waals surface area contributed by atoms with Crippen molar-refractivity contribution >= 4 is 27.3 Å². The average Bonchev–Trinajstić information content (AvgIpc) is 3.06. The third kappa shape index (κ3) is 3.84. The lowest BCUT2D eigenvalue weighted by molar-refractivity contribution is 0.102. The number of anilines is 2. The Balaban J connectivity index is 1.90. The lowest BCUT2D eigenvalue weighted by Crippen LogP contribution is -2.25. The van der Waals surface area contributed by atoms with E-state index in [0.29, 0.717) is 47.2 Å². The van der Waals surface area contributed by atoms with Gasteiger partial charge in [-0.2, -0.15) is 0 Å². The van der Waals surface area contributed by atoms with E-state index >= 15 is 0 Å². The zero-order chi connectivity index (χ0) is 20.3. The van der Waals surface area contributed by atoms with Crippen LogP contribution in [0.15, 0.2) is 36.4 Å². The molecule has 0 atom stereocenters. The van der Waals surface area contributed by atoms with Gasteiger partial charge in [0.15, 0.2) is 11.5 Å². The highest BCUT2D eigenvalue weighted by Gasteiger charge is 2.29. The Kier molecular flexibility index (Phi) is 5.64.